The lowest BCUT2D eigenvalue weighted by molar-refractivity contribution is 0.0956. The van der Waals surface area contributed by atoms with E-state index < -0.39 is 0 Å². The Morgan fingerprint density at radius 1 is 1.22 bits per heavy atom. The van der Waals surface area contributed by atoms with Crippen LogP contribution in [0.5, 0.6) is 11.5 Å². The van der Waals surface area contributed by atoms with Crippen LogP contribution in [-0.2, 0) is 0 Å². The minimum absolute atomic E-state index is 0.0892. The molecule has 1 aromatic heterocycles. The van der Waals surface area contributed by atoms with Gasteiger partial charge in [0.1, 0.15) is 5.69 Å². The van der Waals surface area contributed by atoms with Crippen LogP contribution >= 0.6 is 0 Å². The molecule has 0 fully saturated rings. The van der Waals surface area contributed by atoms with Gasteiger partial charge in [0.15, 0.2) is 11.5 Å². The zero-order valence-corrected chi connectivity index (χ0v) is 12.6. The molecule has 1 aliphatic heterocycles. The van der Waals surface area contributed by atoms with Gasteiger partial charge in [-0.15, -0.1) is 0 Å². The number of rotatable bonds is 3. The van der Waals surface area contributed by atoms with E-state index in [1.165, 1.54) is 0 Å². The number of hydrogen-bond acceptors (Lipinski definition) is 4. The molecule has 0 saturated carbocycles. The van der Waals surface area contributed by atoms with Crippen LogP contribution in [0.4, 0.5) is 0 Å². The molecule has 0 saturated heterocycles. The summed E-state index contributed by atoms with van der Waals surface area (Å²) in [6.45, 7) is 2.74. The molecule has 0 aliphatic carbocycles. The van der Waals surface area contributed by atoms with E-state index >= 15 is 0 Å². The normalized spacial score (nSPS) is 12.6. The van der Waals surface area contributed by atoms with E-state index in [2.05, 4.69) is 15.5 Å². The average Bonchev–Trinajstić information content (AvgIpc) is 3.20. The fourth-order valence-corrected chi connectivity index (χ4v) is 2.69. The topological polar surface area (TPSA) is 76.2 Å². The zero-order chi connectivity index (χ0) is 15.8. The van der Waals surface area contributed by atoms with Gasteiger partial charge in [-0.05, 0) is 43.3 Å². The fourth-order valence-electron chi connectivity index (χ4n) is 2.69. The van der Waals surface area contributed by atoms with Crippen molar-refractivity contribution in [1.29, 1.82) is 0 Å². The number of benzene rings is 2. The van der Waals surface area contributed by atoms with E-state index in [9.17, 15) is 4.79 Å². The molecule has 6 heteroatoms. The lowest BCUT2D eigenvalue weighted by Crippen LogP contribution is -2.22. The van der Waals surface area contributed by atoms with Crippen molar-refractivity contribution >= 4 is 16.8 Å². The minimum atomic E-state index is -0.0892. The molecular weight excluding hydrogens is 294 g/mol. The van der Waals surface area contributed by atoms with Crippen molar-refractivity contribution in [3.05, 3.63) is 42.0 Å². The summed E-state index contributed by atoms with van der Waals surface area (Å²) in [6.07, 6.45) is 0. The van der Waals surface area contributed by atoms with Gasteiger partial charge in [-0.25, -0.2) is 0 Å². The van der Waals surface area contributed by atoms with Crippen LogP contribution in [0.1, 0.15) is 17.3 Å². The number of amides is 1. The summed E-state index contributed by atoms with van der Waals surface area (Å²) >= 11 is 0. The maximum absolute atomic E-state index is 11.9. The minimum Gasteiger partial charge on any atom is -0.454 e. The van der Waals surface area contributed by atoms with Crippen molar-refractivity contribution in [2.24, 2.45) is 0 Å². The van der Waals surface area contributed by atoms with Gasteiger partial charge in [0, 0.05) is 23.1 Å². The summed E-state index contributed by atoms with van der Waals surface area (Å²) in [5, 5.41) is 11.1. The molecule has 23 heavy (non-hydrogen) atoms. The molecule has 116 valence electrons. The first-order valence-electron chi connectivity index (χ1n) is 7.42. The van der Waals surface area contributed by atoms with Crippen LogP contribution in [0, 0.1) is 0 Å². The van der Waals surface area contributed by atoms with E-state index in [1.54, 1.807) is 6.07 Å². The van der Waals surface area contributed by atoms with Crippen molar-refractivity contribution < 1.29 is 14.3 Å². The summed E-state index contributed by atoms with van der Waals surface area (Å²) in [6, 6.07) is 11.3. The smallest absolute Gasteiger partial charge is 0.251 e. The van der Waals surface area contributed by atoms with Crippen molar-refractivity contribution in [1.82, 2.24) is 15.5 Å². The molecule has 3 aromatic rings. The Kier molecular flexibility index (Phi) is 3.15. The van der Waals surface area contributed by atoms with Crippen LogP contribution in [0.15, 0.2) is 36.4 Å². The van der Waals surface area contributed by atoms with Crippen LogP contribution in [0.25, 0.3) is 22.2 Å². The lowest BCUT2D eigenvalue weighted by atomic mass is 10.1. The highest BCUT2D eigenvalue weighted by Gasteiger charge is 2.17. The van der Waals surface area contributed by atoms with Gasteiger partial charge in [-0.3, -0.25) is 9.89 Å². The van der Waals surface area contributed by atoms with Crippen LogP contribution in [0.2, 0.25) is 0 Å². The standard InChI is InChI=1S/C17H15N3O3/c1-2-18-17(21)11-3-5-12-13(7-11)19-20-16(12)10-4-6-14-15(8-10)23-9-22-14/h3-8H,2,9H2,1H3,(H,18,21)(H,19,20). The summed E-state index contributed by atoms with van der Waals surface area (Å²) in [7, 11) is 0. The van der Waals surface area contributed by atoms with Gasteiger partial charge >= 0.3 is 0 Å². The van der Waals surface area contributed by atoms with Crippen molar-refractivity contribution in [3.8, 4) is 22.8 Å². The SMILES string of the molecule is CCNC(=O)c1ccc2c(-c3ccc4c(c3)OCO4)n[nH]c2c1. The third-order valence-electron chi connectivity index (χ3n) is 3.81. The molecule has 2 N–H and O–H groups in total. The van der Waals surface area contributed by atoms with Crippen LogP contribution < -0.4 is 14.8 Å². The van der Waals surface area contributed by atoms with Gasteiger partial charge in [0.05, 0.1) is 5.52 Å². The van der Waals surface area contributed by atoms with Gasteiger partial charge in [0.2, 0.25) is 6.79 Å². The fraction of sp³-hybridized carbons (Fsp3) is 0.176. The quantitative estimate of drug-likeness (QED) is 0.780. The first-order valence-corrected chi connectivity index (χ1v) is 7.42. The summed E-state index contributed by atoms with van der Waals surface area (Å²) in [5.41, 5.74) is 3.19. The molecule has 1 aliphatic rings. The largest absolute Gasteiger partial charge is 0.454 e. The van der Waals surface area contributed by atoms with E-state index in [0.717, 1.165) is 33.7 Å². The second-order valence-corrected chi connectivity index (χ2v) is 5.26. The number of carbonyl (C=O) groups excluding carboxylic acids is 1. The molecule has 2 heterocycles. The number of aromatic amines is 1. The Hall–Kier alpha value is -3.02. The molecular formula is C17H15N3O3. The van der Waals surface area contributed by atoms with E-state index in [-0.39, 0.29) is 12.7 Å². The van der Waals surface area contributed by atoms with E-state index in [1.807, 2.05) is 37.3 Å². The highest BCUT2D eigenvalue weighted by Crippen LogP contribution is 2.37. The summed E-state index contributed by atoms with van der Waals surface area (Å²) in [5.74, 6) is 1.37. The molecule has 0 spiro atoms. The molecule has 1 amide bonds. The maximum atomic E-state index is 11.9. The number of H-pyrrole nitrogens is 1. The third kappa shape index (κ3) is 2.28. The number of hydrogen-bond donors (Lipinski definition) is 2. The predicted molar refractivity (Wildman–Crippen MR) is 85.7 cm³/mol. The van der Waals surface area contributed by atoms with Crippen molar-refractivity contribution in [3.63, 3.8) is 0 Å². The van der Waals surface area contributed by atoms with E-state index in [0.29, 0.717) is 12.1 Å². The number of aromatic nitrogens is 2. The van der Waals surface area contributed by atoms with Gasteiger partial charge in [-0.1, -0.05) is 0 Å². The first kappa shape index (κ1) is 13.6. The van der Waals surface area contributed by atoms with Crippen LogP contribution in [-0.4, -0.2) is 29.4 Å². The van der Waals surface area contributed by atoms with Gasteiger partial charge in [0.25, 0.3) is 5.91 Å². The van der Waals surface area contributed by atoms with Crippen molar-refractivity contribution in [2.75, 3.05) is 13.3 Å². The molecule has 0 atom stereocenters. The van der Waals surface area contributed by atoms with Gasteiger partial charge in [-0.2, -0.15) is 5.10 Å². The first-order chi connectivity index (χ1) is 11.3. The highest BCUT2D eigenvalue weighted by atomic mass is 16.7. The Morgan fingerprint density at radius 2 is 2.09 bits per heavy atom. The Bertz CT molecular complexity index is 901. The number of carbonyl (C=O) groups is 1. The third-order valence-corrected chi connectivity index (χ3v) is 3.81. The Labute approximate surface area is 132 Å². The molecule has 0 unspecified atom stereocenters. The average molecular weight is 309 g/mol. The maximum Gasteiger partial charge on any atom is 0.251 e. The molecule has 0 bridgehead atoms. The van der Waals surface area contributed by atoms with Crippen molar-refractivity contribution in [2.45, 2.75) is 6.92 Å². The second kappa shape index (κ2) is 5.31. The Balaban J connectivity index is 1.75. The number of nitrogens with one attached hydrogen (secondary N) is 2. The van der Waals surface area contributed by atoms with Gasteiger partial charge < -0.3 is 14.8 Å². The monoisotopic (exact) mass is 309 g/mol. The predicted octanol–water partition coefficient (Wildman–Crippen LogP) is 2.71. The number of ether oxygens (including phenoxy) is 2. The number of fused-ring (bicyclic) bond motifs is 2. The second-order valence-electron chi connectivity index (χ2n) is 5.26. The van der Waals surface area contributed by atoms with Crippen LogP contribution in [0.3, 0.4) is 0 Å². The number of nitrogens with zero attached hydrogens (tertiary/aromatic N) is 1. The lowest BCUT2D eigenvalue weighted by Gasteiger charge is -2.03. The Morgan fingerprint density at radius 3 is 2.96 bits per heavy atom. The summed E-state index contributed by atoms with van der Waals surface area (Å²) < 4.78 is 10.7. The zero-order valence-electron chi connectivity index (χ0n) is 12.6. The highest BCUT2D eigenvalue weighted by molar-refractivity contribution is 6.00. The molecule has 4 rings (SSSR count). The molecule has 2 aromatic carbocycles. The van der Waals surface area contributed by atoms with E-state index in [4.69, 9.17) is 9.47 Å². The summed E-state index contributed by atoms with van der Waals surface area (Å²) in [4.78, 5) is 11.9. The molecule has 0 radical (unpaired) electrons. The molecule has 6 nitrogen and oxygen atoms in total.